The number of rotatable bonds is 14. The fraction of sp³-hybridized carbons (Fsp3) is 0.0789. The van der Waals surface area contributed by atoms with Gasteiger partial charge in [-0.15, -0.1) is 11.3 Å². The van der Waals surface area contributed by atoms with Crippen LogP contribution in [0.25, 0.3) is 87.2 Å². The van der Waals surface area contributed by atoms with Gasteiger partial charge in [0.2, 0.25) is 0 Å². The molecule has 0 unspecified atom stereocenters. The molecule has 0 saturated carbocycles. The normalized spacial score (nSPS) is 12.3. The third kappa shape index (κ3) is 11.0. The van der Waals surface area contributed by atoms with Crippen molar-refractivity contribution in [2.75, 3.05) is 0 Å². The van der Waals surface area contributed by atoms with Crippen molar-refractivity contribution in [3.05, 3.63) is 311 Å². The van der Waals surface area contributed by atoms with Crippen molar-refractivity contribution in [1.82, 2.24) is 0 Å². The van der Waals surface area contributed by atoms with Crippen LogP contribution < -0.4 is 0 Å². The second-order valence-electron chi connectivity index (χ2n) is 20.5. The SMILES string of the molecule is C=C(/C=C(\N=C(C)c1cccc(C)c1-c1cc(-c2ccc3sc4ccc(-c5ccc(C)c(-c6c(C)cccc6C(C)=N/C(=C\C(=C)c6ccccc6)c6ccccc6)c5)cc4c3c2)ccc1C)c1ccccc1)c1ccccc1. The summed E-state index contributed by atoms with van der Waals surface area (Å²) < 4.78 is 2.54. The molecule has 382 valence electrons. The Morgan fingerprint density at radius 3 is 1.08 bits per heavy atom. The van der Waals surface area contributed by atoms with E-state index in [4.69, 9.17) is 9.98 Å². The maximum absolute atomic E-state index is 5.39. The first kappa shape index (κ1) is 51.8. The molecule has 0 fully saturated rings. The second kappa shape index (κ2) is 22.7. The standard InChI is InChI=1S/C76H62N2S/c1-49-35-37-61(45-67(49)75-51(3)23-21-33-65(75)55(7)77-71(59-29-17-11-18-30-59)43-53(5)57-25-13-9-14-26-57)63-39-41-73-69(47-63)70-48-64(40-42-74(70)79-73)62-38-36-50(2)68(46-62)76-52(4)24-22-34-66(76)56(8)78-72(60-31-19-12-20-32-60)44-54(6)58-27-15-10-16-28-58/h9-48H,5-6H2,1-4,7-8H3/b71-43-,72-44-,77-55?,78-56?. The lowest BCUT2D eigenvalue weighted by Gasteiger charge is -2.17. The molecule has 0 aliphatic heterocycles. The topological polar surface area (TPSA) is 24.7 Å². The zero-order chi connectivity index (χ0) is 54.6. The second-order valence-corrected chi connectivity index (χ2v) is 21.6. The highest BCUT2D eigenvalue weighted by molar-refractivity contribution is 7.25. The van der Waals surface area contributed by atoms with Gasteiger partial charge < -0.3 is 0 Å². The molecule has 0 radical (unpaired) electrons. The van der Waals surface area contributed by atoms with Gasteiger partial charge in [0.1, 0.15) is 0 Å². The van der Waals surface area contributed by atoms with Crippen molar-refractivity contribution in [2.45, 2.75) is 41.5 Å². The number of aliphatic imine (C=N–C) groups is 2. The highest BCUT2D eigenvalue weighted by atomic mass is 32.1. The van der Waals surface area contributed by atoms with Gasteiger partial charge >= 0.3 is 0 Å². The maximum atomic E-state index is 5.39. The van der Waals surface area contributed by atoms with Crippen LogP contribution in [0.15, 0.2) is 266 Å². The summed E-state index contributed by atoms with van der Waals surface area (Å²) in [5.74, 6) is 0. The Morgan fingerprint density at radius 1 is 0.354 bits per heavy atom. The number of hydrogen-bond acceptors (Lipinski definition) is 3. The Labute approximate surface area is 470 Å². The third-order valence-corrected chi connectivity index (χ3v) is 16.3. The van der Waals surface area contributed by atoms with E-state index in [1.165, 1.54) is 86.9 Å². The number of allylic oxidation sites excluding steroid dienone is 4. The first-order valence-electron chi connectivity index (χ1n) is 27.0. The minimum Gasteiger partial charge on any atom is -0.252 e. The summed E-state index contributed by atoms with van der Waals surface area (Å²) >= 11 is 1.85. The molecular formula is C76H62N2S. The highest BCUT2D eigenvalue weighted by Gasteiger charge is 2.19. The predicted molar refractivity (Wildman–Crippen MR) is 344 cm³/mol. The molecule has 10 aromatic carbocycles. The van der Waals surface area contributed by atoms with Crippen LogP contribution in [0, 0.1) is 27.7 Å². The first-order valence-corrected chi connectivity index (χ1v) is 27.8. The summed E-state index contributed by atoms with van der Waals surface area (Å²) in [6.07, 6.45) is 4.21. The van der Waals surface area contributed by atoms with Gasteiger partial charge in [0.05, 0.1) is 11.4 Å². The van der Waals surface area contributed by atoms with Gasteiger partial charge in [0, 0.05) is 53.8 Å². The van der Waals surface area contributed by atoms with E-state index in [0.717, 1.165) is 67.3 Å². The molecule has 3 heteroatoms. The van der Waals surface area contributed by atoms with Gasteiger partial charge in [-0.2, -0.15) is 0 Å². The molecule has 0 aliphatic rings. The summed E-state index contributed by atoms with van der Waals surface area (Å²) in [7, 11) is 0. The Morgan fingerprint density at radius 2 is 0.696 bits per heavy atom. The Bertz CT molecular complexity index is 3970. The number of fused-ring (bicyclic) bond motifs is 3. The lowest BCUT2D eigenvalue weighted by Crippen LogP contribution is -2.02. The monoisotopic (exact) mass is 1030 g/mol. The highest BCUT2D eigenvalue weighted by Crippen LogP contribution is 2.42. The Kier molecular flexibility index (Phi) is 14.9. The lowest BCUT2D eigenvalue weighted by molar-refractivity contribution is 1.38. The Hall–Kier alpha value is -9.28. The summed E-state index contributed by atoms with van der Waals surface area (Å²) in [5.41, 5.74) is 26.2. The molecule has 11 aromatic rings. The van der Waals surface area contributed by atoms with Gasteiger partial charge in [-0.3, -0.25) is 9.98 Å². The zero-order valence-electron chi connectivity index (χ0n) is 45.8. The largest absolute Gasteiger partial charge is 0.252 e. The number of thiophene rings is 1. The van der Waals surface area contributed by atoms with Crippen LogP contribution in [-0.2, 0) is 0 Å². The number of benzene rings is 10. The van der Waals surface area contributed by atoms with Crippen molar-refractivity contribution >= 4 is 65.5 Å². The molecule has 0 bridgehead atoms. The van der Waals surface area contributed by atoms with E-state index in [-0.39, 0.29) is 0 Å². The fourth-order valence-electron chi connectivity index (χ4n) is 10.8. The van der Waals surface area contributed by atoms with E-state index in [1.54, 1.807) is 0 Å². The molecule has 0 aliphatic carbocycles. The van der Waals surface area contributed by atoms with Crippen LogP contribution in [0.2, 0.25) is 0 Å². The zero-order valence-corrected chi connectivity index (χ0v) is 46.6. The molecule has 0 atom stereocenters. The van der Waals surface area contributed by atoms with Gasteiger partial charge in [0.15, 0.2) is 0 Å². The minimum atomic E-state index is 0.872. The quantitative estimate of drug-likeness (QED) is 0.0766. The molecule has 0 spiro atoms. The first-order chi connectivity index (χ1) is 38.5. The molecule has 79 heavy (non-hydrogen) atoms. The number of aryl methyl sites for hydroxylation is 4. The molecule has 1 aromatic heterocycles. The molecule has 0 saturated heterocycles. The predicted octanol–water partition coefficient (Wildman–Crippen LogP) is 21.1. The number of hydrogen-bond donors (Lipinski definition) is 0. The van der Waals surface area contributed by atoms with Crippen molar-refractivity contribution in [3.8, 4) is 44.5 Å². The van der Waals surface area contributed by atoms with Crippen LogP contribution in [0.1, 0.15) is 69.5 Å². The van der Waals surface area contributed by atoms with Crippen molar-refractivity contribution in [3.63, 3.8) is 0 Å². The van der Waals surface area contributed by atoms with E-state index >= 15 is 0 Å². The fourth-order valence-corrected chi connectivity index (χ4v) is 11.9. The van der Waals surface area contributed by atoms with E-state index in [9.17, 15) is 0 Å². The van der Waals surface area contributed by atoms with Crippen LogP contribution in [0.3, 0.4) is 0 Å². The van der Waals surface area contributed by atoms with E-state index in [1.807, 2.05) is 59.9 Å². The average molecular weight is 1040 g/mol. The molecule has 2 nitrogen and oxygen atoms in total. The molecule has 0 N–H and O–H groups in total. The summed E-state index contributed by atoms with van der Waals surface area (Å²) in [5, 5.41) is 2.52. The van der Waals surface area contributed by atoms with Crippen molar-refractivity contribution in [1.29, 1.82) is 0 Å². The van der Waals surface area contributed by atoms with Crippen LogP contribution in [0.5, 0.6) is 0 Å². The Balaban J connectivity index is 0.944. The van der Waals surface area contributed by atoms with Crippen LogP contribution in [0.4, 0.5) is 0 Å². The summed E-state index contributed by atoms with van der Waals surface area (Å²) in [6.45, 7) is 22.0. The van der Waals surface area contributed by atoms with Gasteiger partial charge in [-0.25, -0.2) is 0 Å². The molecule has 0 amide bonds. The van der Waals surface area contributed by atoms with Crippen molar-refractivity contribution < 1.29 is 0 Å². The van der Waals surface area contributed by atoms with Gasteiger partial charge in [0.25, 0.3) is 0 Å². The minimum absolute atomic E-state index is 0.872. The third-order valence-electron chi connectivity index (χ3n) is 15.1. The van der Waals surface area contributed by atoms with E-state index in [2.05, 4.69) is 249 Å². The van der Waals surface area contributed by atoms with Gasteiger partial charge in [-0.05, 0) is 179 Å². The molecule has 11 rings (SSSR count). The van der Waals surface area contributed by atoms with E-state index in [0.29, 0.717) is 0 Å². The average Bonchev–Trinajstić information content (AvgIpc) is 3.96. The van der Waals surface area contributed by atoms with Crippen LogP contribution in [-0.4, -0.2) is 11.4 Å². The van der Waals surface area contributed by atoms with E-state index < -0.39 is 0 Å². The number of nitrogens with zero attached hydrogens (tertiary/aromatic N) is 2. The lowest BCUT2D eigenvalue weighted by atomic mass is 9.88. The summed E-state index contributed by atoms with van der Waals surface area (Å²) in [4.78, 5) is 10.8. The maximum Gasteiger partial charge on any atom is 0.0711 e. The van der Waals surface area contributed by atoms with Crippen molar-refractivity contribution in [2.24, 2.45) is 9.98 Å². The van der Waals surface area contributed by atoms with Crippen LogP contribution >= 0.6 is 11.3 Å². The van der Waals surface area contributed by atoms with Gasteiger partial charge in [-0.1, -0.05) is 207 Å². The molecule has 1 heterocycles. The molecular weight excluding hydrogens is 973 g/mol. The summed E-state index contributed by atoms with van der Waals surface area (Å²) in [6, 6.07) is 82.3. The smallest absolute Gasteiger partial charge is 0.0711 e.